The van der Waals surface area contributed by atoms with Crippen LogP contribution < -0.4 is 10.1 Å². The highest BCUT2D eigenvalue weighted by Crippen LogP contribution is 2.26. The number of para-hydroxylation sites is 1. The molecule has 1 aromatic rings. The highest BCUT2D eigenvalue weighted by atomic mass is 32.2. The van der Waals surface area contributed by atoms with E-state index < -0.39 is 0 Å². The smallest absolute Gasteiger partial charge is 0.123 e. The predicted molar refractivity (Wildman–Crippen MR) is 81.6 cm³/mol. The summed E-state index contributed by atoms with van der Waals surface area (Å²) in [5, 5.41) is 3.63. The summed E-state index contributed by atoms with van der Waals surface area (Å²) < 4.78 is 5.43. The van der Waals surface area contributed by atoms with E-state index in [0.717, 1.165) is 18.7 Å². The number of methoxy groups -OCH3 is 1. The van der Waals surface area contributed by atoms with Gasteiger partial charge in [0.05, 0.1) is 7.11 Å². The maximum Gasteiger partial charge on any atom is 0.123 e. The molecule has 1 rings (SSSR count). The molecule has 0 radical (unpaired) electrons. The first-order chi connectivity index (χ1) is 8.83. The van der Waals surface area contributed by atoms with E-state index in [1.54, 1.807) is 7.11 Å². The zero-order chi connectivity index (χ0) is 13.2. The standard InChI is InChI=1S/C15H25NOS/c1-4-14(16-11-7-8-12-18-3)13-9-5-6-10-15(13)17-2/h5-6,9-10,14,16H,4,7-8,11-12H2,1-3H3. The van der Waals surface area contributed by atoms with Gasteiger partial charge in [-0.05, 0) is 43.9 Å². The Morgan fingerprint density at radius 1 is 1.28 bits per heavy atom. The van der Waals surface area contributed by atoms with E-state index in [0.29, 0.717) is 6.04 Å². The highest BCUT2D eigenvalue weighted by molar-refractivity contribution is 7.98. The van der Waals surface area contributed by atoms with Gasteiger partial charge in [0.1, 0.15) is 5.75 Å². The highest BCUT2D eigenvalue weighted by Gasteiger charge is 2.12. The van der Waals surface area contributed by atoms with Crippen LogP contribution in [0.5, 0.6) is 5.75 Å². The SMILES string of the molecule is CCC(NCCCCSC)c1ccccc1OC. The van der Waals surface area contributed by atoms with Crippen LogP contribution >= 0.6 is 11.8 Å². The first-order valence-corrected chi connectivity index (χ1v) is 8.08. The van der Waals surface area contributed by atoms with Crippen molar-refractivity contribution >= 4 is 11.8 Å². The molecule has 3 heteroatoms. The Labute approximate surface area is 116 Å². The number of hydrogen-bond donors (Lipinski definition) is 1. The van der Waals surface area contributed by atoms with Crippen molar-refractivity contribution in [3.05, 3.63) is 29.8 Å². The minimum Gasteiger partial charge on any atom is -0.496 e. The second-order valence-corrected chi connectivity index (χ2v) is 5.34. The van der Waals surface area contributed by atoms with Gasteiger partial charge in [0.15, 0.2) is 0 Å². The van der Waals surface area contributed by atoms with E-state index in [4.69, 9.17) is 4.74 Å². The molecule has 0 aliphatic heterocycles. The van der Waals surface area contributed by atoms with Gasteiger partial charge in [0.2, 0.25) is 0 Å². The van der Waals surface area contributed by atoms with Crippen molar-refractivity contribution in [3.63, 3.8) is 0 Å². The number of nitrogens with one attached hydrogen (secondary N) is 1. The Kier molecular flexibility index (Phi) is 7.94. The molecule has 0 bridgehead atoms. The molecule has 0 amide bonds. The van der Waals surface area contributed by atoms with Gasteiger partial charge in [-0.3, -0.25) is 0 Å². The lowest BCUT2D eigenvalue weighted by Crippen LogP contribution is -2.22. The largest absolute Gasteiger partial charge is 0.496 e. The van der Waals surface area contributed by atoms with Crippen LogP contribution in [-0.2, 0) is 0 Å². The van der Waals surface area contributed by atoms with Gasteiger partial charge in [0.25, 0.3) is 0 Å². The second-order valence-electron chi connectivity index (χ2n) is 4.36. The molecule has 0 aromatic heterocycles. The molecule has 102 valence electrons. The van der Waals surface area contributed by atoms with Gasteiger partial charge in [-0.25, -0.2) is 0 Å². The van der Waals surface area contributed by atoms with Crippen molar-refractivity contribution < 1.29 is 4.74 Å². The van der Waals surface area contributed by atoms with Crippen LogP contribution in [0.15, 0.2) is 24.3 Å². The zero-order valence-corrected chi connectivity index (χ0v) is 12.6. The van der Waals surface area contributed by atoms with E-state index in [-0.39, 0.29) is 0 Å². The third-order valence-electron chi connectivity index (χ3n) is 3.09. The Bertz CT molecular complexity index is 330. The lowest BCUT2D eigenvalue weighted by molar-refractivity contribution is 0.396. The van der Waals surface area contributed by atoms with Crippen molar-refractivity contribution in [3.8, 4) is 5.75 Å². The van der Waals surface area contributed by atoms with Gasteiger partial charge in [0, 0.05) is 11.6 Å². The van der Waals surface area contributed by atoms with Gasteiger partial charge >= 0.3 is 0 Å². The third kappa shape index (κ3) is 4.91. The van der Waals surface area contributed by atoms with Crippen LogP contribution in [-0.4, -0.2) is 25.7 Å². The summed E-state index contributed by atoms with van der Waals surface area (Å²) in [5.41, 5.74) is 1.27. The number of unbranched alkanes of at least 4 members (excludes halogenated alkanes) is 1. The van der Waals surface area contributed by atoms with Gasteiger partial charge < -0.3 is 10.1 Å². The third-order valence-corrected chi connectivity index (χ3v) is 3.79. The molecule has 18 heavy (non-hydrogen) atoms. The maximum atomic E-state index is 5.43. The lowest BCUT2D eigenvalue weighted by Gasteiger charge is -2.19. The average molecular weight is 267 g/mol. The van der Waals surface area contributed by atoms with Crippen LogP contribution in [0.1, 0.15) is 37.8 Å². The Morgan fingerprint density at radius 3 is 2.72 bits per heavy atom. The van der Waals surface area contributed by atoms with E-state index in [2.05, 4.69) is 30.6 Å². The summed E-state index contributed by atoms with van der Waals surface area (Å²) in [7, 11) is 1.74. The fourth-order valence-electron chi connectivity index (χ4n) is 2.08. The second kappa shape index (κ2) is 9.29. The number of benzene rings is 1. The van der Waals surface area contributed by atoms with Gasteiger partial charge in [-0.15, -0.1) is 0 Å². The number of rotatable bonds is 9. The molecule has 1 unspecified atom stereocenters. The van der Waals surface area contributed by atoms with Gasteiger partial charge in [-0.2, -0.15) is 11.8 Å². The molecule has 0 fully saturated rings. The molecule has 2 nitrogen and oxygen atoms in total. The van der Waals surface area contributed by atoms with Crippen LogP contribution in [0.3, 0.4) is 0 Å². The first-order valence-electron chi connectivity index (χ1n) is 6.68. The zero-order valence-electron chi connectivity index (χ0n) is 11.7. The van der Waals surface area contributed by atoms with Crippen molar-refractivity contribution in [2.75, 3.05) is 25.7 Å². The normalized spacial score (nSPS) is 12.4. The molecule has 0 spiro atoms. The van der Waals surface area contributed by atoms with Crippen LogP contribution in [0.2, 0.25) is 0 Å². The predicted octanol–water partition coefficient (Wildman–Crippen LogP) is 3.88. The van der Waals surface area contributed by atoms with Crippen LogP contribution in [0.25, 0.3) is 0 Å². The first kappa shape index (κ1) is 15.4. The van der Waals surface area contributed by atoms with E-state index in [1.807, 2.05) is 23.9 Å². The molecular formula is C15H25NOS. The molecular weight excluding hydrogens is 242 g/mol. The Morgan fingerprint density at radius 2 is 2.06 bits per heavy atom. The maximum absolute atomic E-state index is 5.43. The molecule has 1 aromatic carbocycles. The minimum atomic E-state index is 0.399. The molecule has 0 aliphatic carbocycles. The summed E-state index contributed by atoms with van der Waals surface area (Å²) in [5.74, 6) is 2.24. The van der Waals surface area contributed by atoms with Crippen molar-refractivity contribution in [2.24, 2.45) is 0 Å². The van der Waals surface area contributed by atoms with Gasteiger partial charge in [-0.1, -0.05) is 25.1 Å². The van der Waals surface area contributed by atoms with E-state index in [1.165, 1.54) is 24.2 Å². The fourth-order valence-corrected chi connectivity index (χ4v) is 2.57. The van der Waals surface area contributed by atoms with Crippen molar-refractivity contribution in [1.29, 1.82) is 0 Å². The molecule has 1 N–H and O–H groups in total. The topological polar surface area (TPSA) is 21.3 Å². The lowest BCUT2D eigenvalue weighted by atomic mass is 10.0. The Hall–Kier alpha value is -0.670. The molecule has 0 saturated carbocycles. The van der Waals surface area contributed by atoms with Crippen molar-refractivity contribution in [1.82, 2.24) is 5.32 Å². The summed E-state index contributed by atoms with van der Waals surface area (Å²) in [6, 6.07) is 8.69. The van der Waals surface area contributed by atoms with Crippen LogP contribution in [0.4, 0.5) is 0 Å². The molecule has 0 saturated heterocycles. The molecule has 1 atom stereocenters. The van der Waals surface area contributed by atoms with E-state index in [9.17, 15) is 0 Å². The number of hydrogen-bond acceptors (Lipinski definition) is 3. The molecule has 0 aliphatic rings. The summed E-state index contributed by atoms with van der Waals surface area (Å²) in [6.45, 7) is 3.29. The van der Waals surface area contributed by atoms with Crippen molar-refractivity contribution in [2.45, 2.75) is 32.2 Å². The molecule has 0 heterocycles. The number of thioether (sulfide) groups is 1. The summed E-state index contributed by atoms with van der Waals surface area (Å²) >= 11 is 1.92. The fraction of sp³-hybridized carbons (Fsp3) is 0.600. The monoisotopic (exact) mass is 267 g/mol. The summed E-state index contributed by atoms with van der Waals surface area (Å²) in [6.07, 6.45) is 5.78. The van der Waals surface area contributed by atoms with E-state index >= 15 is 0 Å². The average Bonchev–Trinajstić information content (AvgIpc) is 2.43. The quantitative estimate of drug-likeness (QED) is 0.686. The van der Waals surface area contributed by atoms with Crippen LogP contribution in [0, 0.1) is 0 Å². The Balaban J connectivity index is 2.49. The minimum absolute atomic E-state index is 0.399. The summed E-state index contributed by atoms with van der Waals surface area (Å²) in [4.78, 5) is 0. The number of ether oxygens (including phenoxy) is 1.